The summed E-state index contributed by atoms with van der Waals surface area (Å²) in [4.78, 5) is 18.4. The molecular formula is C15H22N2O2. The molecule has 0 amide bonds. The Morgan fingerprint density at radius 3 is 2.84 bits per heavy atom. The van der Waals surface area contributed by atoms with E-state index in [1.165, 1.54) is 0 Å². The van der Waals surface area contributed by atoms with Crippen LogP contribution in [0.1, 0.15) is 30.2 Å². The standard InChI is InChI=1S/C15H22N2O2/c1-10-7-16-13(12(3)15(10)19-4)9-17-6-5-14(18)11(2)8-17/h7,11H,5-6,8-9H2,1-4H3. The van der Waals surface area contributed by atoms with Gasteiger partial charge in [0.1, 0.15) is 11.5 Å². The van der Waals surface area contributed by atoms with Gasteiger partial charge in [0.2, 0.25) is 0 Å². The van der Waals surface area contributed by atoms with Crippen molar-refractivity contribution in [1.82, 2.24) is 9.88 Å². The van der Waals surface area contributed by atoms with E-state index in [2.05, 4.69) is 9.88 Å². The van der Waals surface area contributed by atoms with Gasteiger partial charge in [-0.3, -0.25) is 14.7 Å². The van der Waals surface area contributed by atoms with Gasteiger partial charge in [0.25, 0.3) is 0 Å². The molecule has 104 valence electrons. The van der Waals surface area contributed by atoms with E-state index in [-0.39, 0.29) is 5.92 Å². The lowest BCUT2D eigenvalue weighted by atomic mass is 9.98. The number of aromatic nitrogens is 1. The molecule has 0 aromatic carbocycles. The molecular weight excluding hydrogens is 240 g/mol. The van der Waals surface area contributed by atoms with Gasteiger partial charge < -0.3 is 4.74 Å². The van der Waals surface area contributed by atoms with Crippen LogP contribution in [0.3, 0.4) is 0 Å². The fourth-order valence-corrected chi connectivity index (χ4v) is 2.68. The fourth-order valence-electron chi connectivity index (χ4n) is 2.68. The first-order valence-electron chi connectivity index (χ1n) is 6.77. The summed E-state index contributed by atoms with van der Waals surface area (Å²) >= 11 is 0. The summed E-state index contributed by atoms with van der Waals surface area (Å²) in [6.45, 7) is 8.51. The normalized spacial score (nSPS) is 20.6. The maximum absolute atomic E-state index is 11.5. The van der Waals surface area contributed by atoms with Crippen LogP contribution in [-0.2, 0) is 11.3 Å². The number of hydrogen-bond donors (Lipinski definition) is 0. The van der Waals surface area contributed by atoms with Crippen LogP contribution in [0, 0.1) is 19.8 Å². The van der Waals surface area contributed by atoms with Crippen LogP contribution in [-0.4, -0.2) is 35.9 Å². The van der Waals surface area contributed by atoms with Crippen molar-refractivity contribution in [3.63, 3.8) is 0 Å². The monoisotopic (exact) mass is 262 g/mol. The van der Waals surface area contributed by atoms with E-state index < -0.39 is 0 Å². The highest BCUT2D eigenvalue weighted by atomic mass is 16.5. The first-order chi connectivity index (χ1) is 9.02. The van der Waals surface area contributed by atoms with Crippen LogP contribution in [0.25, 0.3) is 0 Å². The largest absolute Gasteiger partial charge is 0.496 e. The second-order valence-corrected chi connectivity index (χ2v) is 5.40. The highest BCUT2D eigenvalue weighted by molar-refractivity contribution is 5.81. The van der Waals surface area contributed by atoms with Gasteiger partial charge in [-0.05, 0) is 13.8 Å². The summed E-state index contributed by atoms with van der Waals surface area (Å²) in [6.07, 6.45) is 2.52. The Bertz CT molecular complexity index is 485. The predicted octanol–water partition coefficient (Wildman–Crippen LogP) is 2.12. The number of pyridine rings is 1. The molecule has 0 radical (unpaired) electrons. The SMILES string of the molecule is COc1c(C)cnc(CN2CCC(=O)C(C)C2)c1C. The number of nitrogens with zero attached hydrogens (tertiary/aromatic N) is 2. The summed E-state index contributed by atoms with van der Waals surface area (Å²) in [7, 11) is 1.70. The lowest BCUT2D eigenvalue weighted by molar-refractivity contribution is -0.125. The third-order valence-electron chi connectivity index (χ3n) is 3.88. The molecule has 1 fully saturated rings. The van der Waals surface area contributed by atoms with Crippen molar-refractivity contribution < 1.29 is 9.53 Å². The van der Waals surface area contributed by atoms with Gasteiger partial charge in [0.05, 0.1) is 12.8 Å². The van der Waals surface area contributed by atoms with Crippen molar-refractivity contribution in [3.8, 4) is 5.75 Å². The number of ketones is 1. The Hall–Kier alpha value is -1.42. The smallest absolute Gasteiger partial charge is 0.138 e. The molecule has 0 bridgehead atoms. The van der Waals surface area contributed by atoms with E-state index in [0.717, 1.165) is 42.2 Å². The number of carbonyl (C=O) groups excluding carboxylic acids is 1. The fraction of sp³-hybridized carbons (Fsp3) is 0.600. The summed E-state index contributed by atoms with van der Waals surface area (Å²) in [5, 5.41) is 0. The van der Waals surface area contributed by atoms with Crippen molar-refractivity contribution >= 4 is 5.78 Å². The molecule has 1 saturated heterocycles. The number of hydrogen-bond acceptors (Lipinski definition) is 4. The first kappa shape index (κ1) is 14.0. The molecule has 1 aliphatic rings. The van der Waals surface area contributed by atoms with Gasteiger partial charge in [-0.2, -0.15) is 0 Å². The molecule has 4 nitrogen and oxygen atoms in total. The third kappa shape index (κ3) is 2.95. The minimum atomic E-state index is 0.140. The lowest BCUT2D eigenvalue weighted by Gasteiger charge is -2.30. The molecule has 1 aromatic rings. The Morgan fingerprint density at radius 2 is 2.21 bits per heavy atom. The topological polar surface area (TPSA) is 42.4 Å². The second kappa shape index (κ2) is 5.70. The zero-order valence-electron chi connectivity index (χ0n) is 12.2. The molecule has 0 spiro atoms. The zero-order valence-corrected chi connectivity index (χ0v) is 12.2. The summed E-state index contributed by atoms with van der Waals surface area (Å²) in [5.41, 5.74) is 3.21. The number of carbonyl (C=O) groups is 1. The maximum Gasteiger partial charge on any atom is 0.138 e. The average molecular weight is 262 g/mol. The van der Waals surface area contributed by atoms with Crippen LogP contribution in [0.5, 0.6) is 5.75 Å². The second-order valence-electron chi connectivity index (χ2n) is 5.40. The summed E-state index contributed by atoms with van der Waals surface area (Å²) in [5.74, 6) is 1.44. The van der Waals surface area contributed by atoms with Crippen molar-refractivity contribution in [2.24, 2.45) is 5.92 Å². The minimum Gasteiger partial charge on any atom is -0.496 e. The number of rotatable bonds is 3. The number of aryl methyl sites for hydroxylation is 1. The summed E-state index contributed by atoms with van der Waals surface area (Å²) < 4.78 is 5.43. The van der Waals surface area contributed by atoms with Gasteiger partial charge in [-0.1, -0.05) is 6.92 Å². The summed E-state index contributed by atoms with van der Waals surface area (Å²) in [6, 6.07) is 0. The third-order valence-corrected chi connectivity index (χ3v) is 3.88. The lowest BCUT2D eigenvalue weighted by Crippen LogP contribution is -2.39. The van der Waals surface area contributed by atoms with Crippen molar-refractivity contribution in [2.75, 3.05) is 20.2 Å². The van der Waals surface area contributed by atoms with E-state index in [1.807, 2.05) is 27.0 Å². The number of piperidine rings is 1. The number of likely N-dealkylation sites (tertiary alicyclic amines) is 1. The van der Waals surface area contributed by atoms with E-state index >= 15 is 0 Å². The Balaban J connectivity index is 2.14. The average Bonchev–Trinajstić information content (AvgIpc) is 2.38. The molecule has 2 heterocycles. The predicted molar refractivity (Wildman–Crippen MR) is 74.3 cm³/mol. The zero-order chi connectivity index (χ0) is 14.0. The Kier molecular flexibility index (Phi) is 4.20. The van der Waals surface area contributed by atoms with Crippen molar-refractivity contribution in [1.29, 1.82) is 0 Å². The maximum atomic E-state index is 11.5. The Labute approximate surface area is 114 Å². The highest BCUT2D eigenvalue weighted by Crippen LogP contribution is 2.25. The van der Waals surface area contributed by atoms with E-state index in [4.69, 9.17) is 4.74 Å². The number of methoxy groups -OCH3 is 1. The van der Waals surface area contributed by atoms with Crippen LogP contribution in [0.2, 0.25) is 0 Å². The van der Waals surface area contributed by atoms with E-state index in [0.29, 0.717) is 12.2 Å². The molecule has 1 atom stereocenters. The van der Waals surface area contributed by atoms with Crippen LogP contribution in [0.15, 0.2) is 6.20 Å². The molecule has 1 unspecified atom stereocenters. The van der Waals surface area contributed by atoms with Gasteiger partial charge in [-0.25, -0.2) is 0 Å². The highest BCUT2D eigenvalue weighted by Gasteiger charge is 2.24. The molecule has 2 rings (SSSR count). The van der Waals surface area contributed by atoms with Gasteiger partial charge in [0.15, 0.2) is 0 Å². The minimum absolute atomic E-state index is 0.140. The molecule has 0 saturated carbocycles. The molecule has 4 heteroatoms. The van der Waals surface area contributed by atoms with Gasteiger partial charge in [-0.15, -0.1) is 0 Å². The quantitative estimate of drug-likeness (QED) is 0.837. The van der Waals surface area contributed by atoms with Gasteiger partial charge in [0, 0.05) is 49.3 Å². The Morgan fingerprint density at radius 1 is 1.47 bits per heavy atom. The van der Waals surface area contributed by atoms with E-state index in [9.17, 15) is 4.79 Å². The molecule has 1 aliphatic heterocycles. The first-order valence-corrected chi connectivity index (χ1v) is 6.77. The van der Waals surface area contributed by atoms with Gasteiger partial charge >= 0.3 is 0 Å². The molecule has 1 aromatic heterocycles. The molecule has 0 aliphatic carbocycles. The number of ether oxygens (including phenoxy) is 1. The van der Waals surface area contributed by atoms with Crippen LogP contribution < -0.4 is 4.74 Å². The van der Waals surface area contributed by atoms with E-state index in [1.54, 1.807) is 7.11 Å². The van der Waals surface area contributed by atoms with Crippen LogP contribution >= 0.6 is 0 Å². The number of Topliss-reactive ketones (excluding diaryl/α,β-unsaturated/α-hetero) is 1. The molecule has 0 N–H and O–H groups in total. The van der Waals surface area contributed by atoms with Crippen LogP contribution in [0.4, 0.5) is 0 Å². The van der Waals surface area contributed by atoms with Crippen molar-refractivity contribution in [2.45, 2.75) is 33.7 Å². The molecule has 19 heavy (non-hydrogen) atoms. The van der Waals surface area contributed by atoms with Crippen molar-refractivity contribution in [3.05, 3.63) is 23.0 Å².